The fourth-order valence-electron chi connectivity index (χ4n) is 3.26. The highest BCUT2D eigenvalue weighted by molar-refractivity contribution is 5.32. The Morgan fingerprint density at radius 2 is 2.00 bits per heavy atom. The highest BCUT2D eigenvalue weighted by Crippen LogP contribution is 2.32. The molecule has 2 rings (SSSR count). The second kappa shape index (κ2) is 6.79. The number of fused-ring (bicyclic) bond motifs is 1. The van der Waals surface area contributed by atoms with Crippen LogP contribution in [-0.2, 0) is 6.42 Å². The minimum atomic E-state index is -4.18. The van der Waals surface area contributed by atoms with Crippen LogP contribution in [0.2, 0.25) is 0 Å². The predicted octanol–water partition coefficient (Wildman–Crippen LogP) is 3.67. The second-order valence-corrected chi connectivity index (χ2v) is 5.77. The summed E-state index contributed by atoms with van der Waals surface area (Å²) in [4.78, 5) is 1.52. The topological polar surface area (TPSA) is 29.3 Å². The molecule has 21 heavy (non-hydrogen) atoms. The van der Waals surface area contributed by atoms with Crippen molar-refractivity contribution in [3.8, 4) is 0 Å². The average Bonchev–Trinajstić information content (AvgIpc) is 2.57. The fraction of sp³-hybridized carbons (Fsp3) is 0.625. The number of halogens is 3. The van der Waals surface area contributed by atoms with E-state index in [0.29, 0.717) is 19.4 Å². The van der Waals surface area contributed by atoms with Crippen LogP contribution in [0, 0.1) is 0 Å². The van der Waals surface area contributed by atoms with Gasteiger partial charge in [0.2, 0.25) is 0 Å². The number of nitrogens with two attached hydrogens (primary N) is 1. The van der Waals surface area contributed by atoms with Crippen LogP contribution in [0.15, 0.2) is 24.3 Å². The summed E-state index contributed by atoms with van der Waals surface area (Å²) >= 11 is 0. The van der Waals surface area contributed by atoms with Crippen LogP contribution in [0.4, 0.5) is 13.2 Å². The van der Waals surface area contributed by atoms with Crippen molar-refractivity contribution in [3.05, 3.63) is 35.4 Å². The van der Waals surface area contributed by atoms with E-state index in [9.17, 15) is 13.2 Å². The summed E-state index contributed by atoms with van der Waals surface area (Å²) in [5, 5.41) is 0. The molecule has 0 heterocycles. The zero-order valence-corrected chi connectivity index (χ0v) is 12.4. The van der Waals surface area contributed by atoms with Crippen molar-refractivity contribution in [1.29, 1.82) is 0 Å². The largest absolute Gasteiger partial charge is 0.401 e. The maximum Gasteiger partial charge on any atom is 0.401 e. The van der Waals surface area contributed by atoms with E-state index in [1.807, 2.05) is 31.2 Å². The standard InChI is InChI=1S/C16H23F3N2/c1-2-10-21(11-16(17,18)19)14-9-5-7-12-6-3-4-8-13(12)15(14)20/h3-4,6,8,14-15H,2,5,7,9-11,20H2,1H3. The molecule has 0 aliphatic heterocycles. The van der Waals surface area contributed by atoms with E-state index in [1.54, 1.807) is 0 Å². The summed E-state index contributed by atoms with van der Waals surface area (Å²) in [6, 6.07) is 7.27. The lowest BCUT2D eigenvalue weighted by Gasteiger charge is -2.35. The van der Waals surface area contributed by atoms with Gasteiger partial charge in [-0.3, -0.25) is 4.90 Å². The molecule has 2 atom stereocenters. The third-order valence-corrected chi connectivity index (χ3v) is 4.14. The minimum absolute atomic E-state index is 0.241. The van der Waals surface area contributed by atoms with Crippen molar-refractivity contribution < 1.29 is 13.2 Å². The van der Waals surface area contributed by atoms with Gasteiger partial charge in [-0.05, 0) is 43.4 Å². The molecule has 0 aromatic heterocycles. The molecule has 1 aliphatic rings. The summed E-state index contributed by atoms with van der Waals surface area (Å²) in [6.45, 7) is 1.46. The molecule has 1 aromatic rings. The molecule has 118 valence electrons. The molecule has 0 saturated heterocycles. The van der Waals surface area contributed by atoms with Crippen LogP contribution in [-0.4, -0.2) is 30.2 Å². The lowest BCUT2D eigenvalue weighted by molar-refractivity contribution is -0.152. The molecule has 0 fully saturated rings. The number of benzene rings is 1. The van der Waals surface area contributed by atoms with E-state index in [1.165, 1.54) is 10.5 Å². The molecule has 1 aliphatic carbocycles. The highest BCUT2D eigenvalue weighted by Gasteiger charge is 2.36. The number of hydrogen-bond acceptors (Lipinski definition) is 2. The Balaban J connectivity index is 2.24. The monoisotopic (exact) mass is 300 g/mol. The Morgan fingerprint density at radius 1 is 1.29 bits per heavy atom. The first-order chi connectivity index (χ1) is 9.92. The van der Waals surface area contributed by atoms with Crippen molar-refractivity contribution in [1.82, 2.24) is 4.90 Å². The molecule has 2 nitrogen and oxygen atoms in total. The quantitative estimate of drug-likeness (QED) is 0.860. The average molecular weight is 300 g/mol. The highest BCUT2D eigenvalue weighted by atomic mass is 19.4. The van der Waals surface area contributed by atoms with Gasteiger partial charge in [0.1, 0.15) is 0 Å². The van der Waals surface area contributed by atoms with E-state index < -0.39 is 12.7 Å². The lowest BCUT2D eigenvalue weighted by Crippen LogP contribution is -2.47. The molecule has 2 N–H and O–H groups in total. The molecule has 0 spiro atoms. The number of alkyl halides is 3. The molecule has 5 heteroatoms. The van der Waals surface area contributed by atoms with Gasteiger partial charge in [0.15, 0.2) is 0 Å². The maximum absolute atomic E-state index is 12.8. The van der Waals surface area contributed by atoms with Crippen molar-refractivity contribution in [2.75, 3.05) is 13.1 Å². The van der Waals surface area contributed by atoms with Gasteiger partial charge < -0.3 is 5.73 Å². The van der Waals surface area contributed by atoms with Gasteiger partial charge in [0.05, 0.1) is 6.54 Å². The van der Waals surface area contributed by atoms with Crippen LogP contribution < -0.4 is 5.73 Å². The molecule has 2 unspecified atom stereocenters. The molecule has 0 radical (unpaired) electrons. The van der Waals surface area contributed by atoms with Crippen LogP contribution in [0.25, 0.3) is 0 Å². The fourth-order valence-corrected chi connectivity index (χ4v) is 3.26. The van der Waals surface area contributed by atoms with Gasteiger partial charge in [-0.25, -0.2) is 0 Å². The Labute approximate surface area is 124 Å². The summed E-state index contributed by atoms with van der Waals surface area (Å²) in [6.07, 6.45) is -0.993. The van der Waals surface area contributed by atoms with E-state index in [-0.39, 0.29) is 12.1 Å². The van der Waals surface area contributed by atoms with Gasteiger partial charge >= 0.3 is 6.18 Å². The predicted molar refractivity (Wildman–Crippen MR) is 78.0 cm³/mol. The van der Waals surface area contributed by atoms with Gasteiger partial charge in [0.25, 0.3) is 0 Å². The van der Waals surface area contributed by atoms with Gasteiger partial charge in [-0.15, -0.1) is 0 Å². The summed E-state index contributed by atoms with van der Waals surface area (Å²) in [5.74, 6) is 0. The number of rotatable bonds is 4. The maximum atomic E-state index is 12.8. The first-order valence-electron chi connectivity index (χ1n) is 7.56. The van der Waals surface area contributed by atoms with Crippen LogP contribution in [0.5, 0.6) is 0 Å². The Morgan fingerprint density at radius 3 is 2.67 bits per heavy atom. The molecular weight excluding hydrogens is 277 g/mol. The number of nitrogens with zero attached hydrogens (tertiary/aromatic N) is 1. The molecule has 0 bridgehead atoms. The third kappa shape index (κ3) is 4.20. The van der Waals surface area contributed by atoms with Crippen LogP contribution >= 0.6 is 0 Å². The number of hydrogen-bond donors (Lipinski definition) is 1. The number of aryl methyl sites for hydroxylation is 1. The van der Waals surface area contributed by atoms with Crippen LogP contribution in [0.1, 0.15) is 43.4 Å². The van der Waals surface area contributed by atoms with E-state index in [4.69, 9.17) is 5.73 Å². The molecule has 0 amide bonds. The lowest BCUT2D eigenvalue weighted by atomic mass is 9.96. The van der Waals surface area contributed by atoms with Crippen molar-refractivity contribution >= 4 is 0 Å². The third-order valence-electron chi connectivity index (χ3n) is 4.14. The minimum Gasteiger partial charge on any atom is -0.323 e. The normalized spacial score (nSPS) is 23.0. The van der Waals surface area contributed by atoms with Crippen molar-refractivity contribution in [2.24, 2.45) is 5.73 Å². The smallest absolute Gasteiger partial charge is 0.323 e. The summed E-state index contributed by atoms with van der Waals surface area (Å²) < 4.78 is 38.5. The SMILES string of the molecule is CCCN(CC(F)(F)F)C1CCCc2ccccc2C1N. The molecule has 1 aromatic carbocycles. The van der Waals surface area contributed by atoms with Gasteiger partial charge in [0, 0.05) is 12.1 Å². The summed E-state index contributed by atoms with van der Waals surface area (Å²) in [5.41, 5.74) is 8.51. The van der Waals surface area contributed by atoms with Crippen LogP contribution in [0.3, 0.4) is 0 Å². The molecular formula is C16H23F3N2. The van der Waals surface area contributed by atoms with E-state index in [2.05, 4.69) is 0 Å². The Hall–Kier alpha value is -1.07. The Bertz CT molecular complexity index is 459. The van der Waals surface area contributed by atoms with Gasteiger partial charge in [-0.2, -0.15) is 13.2 Å². The first kappa shape index (κ1) is 16.3. The summed E-state index contributed by atoms with van der Waals surface area (Å²) in [7, 11) is 0. The van der Waals surface area contributed by atoms with E-state index >= 15 is 0 Å². The zero-order valence-electron chi connectivity index (χ0n) is 12.4. The van der Waals surface area contributed by atoms with Crippen molar-refractivity contribution in [3.63, 3.8) is 0 Å². The first-order valence-corrected chi connectivity index (χ1v) is 7.56. The van der Waals surface area contributed by atoms with Gasteiger partial charge in [-0.1, -0.05) is 31.2 Å². The molecule has 0 saturated carbocycles. The Kier molecular flexibility index (Phi) is 5.27. The second-order valence-electron chi connectivity index (χ2n) is 5.77. The van der Waals surface area contributed by atoms with E-state index in [0.717, 1.165) is 18.4 Å². The zero-order chi connectivity index (χ0) is 15.5. The van der Waals surface area contributed by atoms with Crippen molar-refractivity contribution in [2.45, 2.75) is 50.9 Å².